The molecule has 0 amide bonds. The van der Waals surface area contributed by atoms with E-state index in [2.05, 4.69) is 166 Å². The molecule has 0 aliphatic heterocycles. The van der Waals surface area contributed by atoms with E-state index < -0.39 is 15.8 Å². The zero-order chi connectivity index (χ0) is 33.4. The maximum Gasteiger partial charge on any atom is 0.144 e. The molecule has 0 saturated heterocycles. The van der Waals surface area contributed by atoms with Gasteiger partial charge in [0.05, 0.1) is 5.69 Å². The molecule has 0 atom stereocenters. The molecule has 0 radical (unpaired) electrons. The van der Waals surface area contributed by atoms with E-state index in [1.165, 1.54) is 31.8 Å². The van der Waals surface area contributed by atoms with Crippen LogP contribution in [0.3, 0.4) is 0 Å². The van der Waals surface area contributed by atoms with Crippen molar-refractivity contribution in [3.05, 3.63) is 212 Å². The van der Waals surface area contributed by atoms with E-state index in [9.17, 15) is 4.79 Å². The number of rotatable bonds is 8. The summed E-state index contributed by atoms with van der Waals surface area (Å²) in [6.45, 7) is 0. The van der Waals surface area contributed by atoms with Crippen LogP contribution in [0.2, 0.25) is 0 Å². The molecule has 0 bridgehead atoms. The van der Waals surface area contributed by atoms with Gasteiger partial charge < -0.3 is 4.79 Å². The SMILES string of the molecule is O=C(c1[c-]cccc1)c1ccccn1.[Cl][Au].c1ccc([PH+](c2ccccc2)c2ccccc2[PH+](c2ccccc2)c2ccccc2)cc1. The number of carbonyl (C=O) groups excluding carboxylic acids is 1. The number of benzene rings is 6. The van der Waals surface area contributed by atoms with E-state index in [1.54, 1.807) is 56.5 Å². The molecule has 240 valence electrons. The first-order valence-electron chi connectivity index (χ1n) is 15.4. The van der Waals surface area contributed by atoms with Crippen LogP contribution in [-0.4, -0.2) is 10.8 Å². The molecule has 0 spiro atoms. The van der Waals surface area contributed by atoms with Gasteiger partial charge in [0.1, 0.15) is 53.5 Å². The Morgan fingerprint density at radius 3 is 1.21 bits per heavy atom. The number of pyridine rings is 1. The quantitative estimate of drug-likeness (QED) is 0.0688. The van der Waals surface area contributed by atoms with Gasteiger partial charge in [-0.15, -0.1) is 35.9 Å². The summed E-state index contributed by atoms with van der Waals surface area (Å²) in [4.78, 5) is 15.7. The normalized spacial score (nSPS) is 10.4. The summed E-state index contributed by atoms with van der Waals surface area (Å²) in [7, 11) is 2.30. The fourth-order valence-corrected chi connectivity index (χ4v) is 11.5. The van der Waals surface area contributed by atoms with Crippen molar-refractivity contribution in [2.75, 3.05) is 0 Å². The van der Waals surface area contributed by atoms with Gasteiger partial charge in [-0.2, -0.15) is 0 Å². The van der Waals surface area contributed by atoms with Crippen molar-refractivity contribution in [3.63, 3.8) is 0 Å². The van der Waals surface area contributed by atoms with E-state index >= 15 is 0 Å². The Labute approximate surface area is 302 Å². The Hall–Kier alpha value is -3.97. The molecule has 0 N–H and O–H groups in total. The molecule has 0 aliphatic carbocycles. The fourth-order valence-electron chi connectivity index (χ4n) is 5.46. The van der Waals surface area contributed by atoms with Crippen LogP contribution in [0.1, 0.15) is 16.1 Å². The molecule has 1 heterocycles. The maximum atomic E-state index is 11.8. The van der Waals surface area contributed by atoms with Crippen LogP contribution >= 0.6 is 25.0 Å². The monoisotopic (exact) mass is 862 g/mol. The largest absolute Gasteiger partial charge is 0.144 e. The predicted octanol–water partition coefficient (Wildman–Crippen LogP) is 7.47. The Bertz CT molecular complexity index is 1730. The smallest absolute Gasteiger partial charge is 0.0620 e. The summed E-state index contributed by atoms with van der Waals surface area (Å²) in [5, 5.41) is 8.71. The molecule has 0 saturated carbocycles. The van der Waals surface area contributed by atoms with Crippen molar-refractivity contribution in [2.24, 2.45) is 0 Å². The van der Waals surface area contributed by atoms with Crippen LogP contribution in [0.15, 0.2) is 194 Å². The third-order valence-electron chi connectivity index (χ3n) is 7.57. The summed E-state index contributed by atoms with van der Waals surface area (Å²) >= 11 is 1.75. The van der Waals surface area contributed by atoms with E-state index in [-0.39, 0.29) is 5.78 Å². The molecule has 7 aromatic rings. The van der Waals surface area contributed by atoms with Crippen molar-refractivity contribution < 1.29 is 24.8 Å². The van der Waals surface area contributed by atoms with Gasteiger partial charge in [0.2, 0.25) is 0 Å². The van der Waals surface area contributed by atoms with Crippen molar-refractivity contribution >= 4 is 62.6 Å². The standard InChI is InChI=1S/C30H24P2.C12H8NO.Au.ClH/c1-5-15-25(16-6-1)31(26-17-7-2-8-18-26)29-23-13-14-24-30(29)32(27-19-9-3-10-20-27)28-21-11-4-12-22-28;14-12(10-6-2-1-3-7-10)11-8-4-5-9-13-11;;/h1-24H;1-6,8-9H;;1H/q;-1;+1;/p+1. The predicted molar refractivity (Wildman–Crippen MR) is 205 cm³/mol. The summed E-state index contributed by atoms with van der Waals surface area (Å²) in [5.41, 5.74) is 1.00. The Balaban J connectivity index is 0.000000235. The van der Waals surface area contributed by atoms with Gasteiger partial charge in [0.25, 0.3) is 0 Å². The van der Waals surface area contributed by atoms with E-state index in [0.29, 0.717) is 11.3 Å². The molecule has 0 aliphatic rings. The molecule has 0 fully saturated rings. The summed E-state index contributed by atoms with van der Waals surface area (Å²) in [5.74, 6) is -0.0915. The molecule has 0 unspecified atom stereocenters. The molecule has 2 nitrogen and oxygen atoms in total. The minimum Gasteiger partial charge on any atom is -0.0620 e. The summed E-state index contributed by atoms with van der Waals surface area (Å²) in [6.07, 6.45) is 1.61. The van der Waals surface area contributed by atoms with Gasteiger partial charge in [0, 0.05) is 6.20 Å². The molecule has 48 heavy (non-hydrogen) atoms. The van der Waals surface area contributed by atoms with Gasteiger partial charge in [-0.1, -0.05) is 91.0 Å². The number of aromatic nitrogens is 1. The van der Waals surface area contributed by atoms with Crippen molar-refractivity contribution in [1.29, 1.82) is 0 Å². The van der Waals surface area contributed by atoms with Gasteiger partial charge in [-0.3, -0.25) is 4.98 Å². The van der Waals surface area contributed by atoms with Crippen molar-refractivity contribution in [3.8, 4) is 0 Å². The van der Waals surface area contributed by atoms with Gasteiger partial charge in [-0.25, -0.2) is 0 Å². The molecular weight excluding hydrogens is 829 g/mol. The van der Waals surface area contributed by atoms with Crippen LogP contribution in [0.5, 0.6) is 0 Å². The van der Waals surface area contributed by atoms with Crippen molar-refractivity contribution in [2.45, 2.75) is 0 Å². The van der Waals surface area contributed by atoms with Crippen LogP contribution in [0.25, 0.3) is 0 Å². The maximum absolute atomic E-state index is 11.8. The number of nitrogens with zero attached hydrogens (tertiary/aromatic N) is 1. The summed E-state index contributed by atoms with van der Waals surface area (Å²) in [6, 6.07) is 68.7. The van der Waals surface area contributed by atoms with Crippen LogP contribution in [-0.2, 0) is 20.0 Å². The second-order valence-corrected chi connectivity index (χ2v) is 15.5. The van der Waals surface area contributed by atoms with E-state index in [4.69, 9.17) is 0 Å². The first-order valence-corrected chi connectivity index (χ1v) is 21.1. The molecular formula is C42H34AuClNOP2+. The topological polar surface area (TPSA) is 30.0 Å². The minimum absolute atomic E-state index is 0.0915. The molecule has 7 rings (SSSR count). The second-order valence-electron chi connectivity index (χ2n) is 10.6. The van der Waals surface area contributed by atoms with Crippen LogP contribution < -0.4 is 31.8 Å². The molecule has 6 aromatic carbocycles. The fraction of sp³-hybridized carbons (Fsp3) is 0. The average molecular weight is 863 g/mol. The first-order chi connectivity index (χ1) is 23.8. The number of ketones is 1. The minimum atomic E-state index is -1.14. The first kappa shape index (κ1) is 35.3. The van der Waals surface area contributed by atoms with Gasteiger partial charge >= 0.3 is 29.2 Å². The number of halogens is 1. The Morgan fingerprint density at radius 1 is 0.479 bits per heavy atom. The van der Waals surface area contributed by atoms with Crippen molar-refractivity contribution in [1.82, 2.24) is 4.98 Å². The number of hydrogen-bond donors (Lipinski definition) is 0. The number of carbonyl (C=O) groups is 1. The Kier molecular flexibility index (Phi) is 14.1. The molecule has 6 heteroatoms. The Morgan fingerprint density at radius 2 is 0.854 bits per heavy atom. The van der Waals surface area contributed by atoms with Crippen LogP contribution in [0, 0.1) is 6.07 Å². The van der Waals surface area contributed by atoms with Gasteiger partial charge in [0.15, 0.2) is 0 Å². The third-order valence-corrected chi connectivity index (χ3v) is 13.4. The zero-order valence-electron chi connectivity index (χ0n) is 26.0. The zero-order valence-corrected chi connectivity index (χ0v) is 30.9. The van der Waals surface area contributed by atoms with E-state index in [0.717, 1.165) is 0 Å². The summed E-state index contributed by atoms with van der Waals surface area (Å²) < 4.78 is 0. The second kappa shape index (κ2) is 19.1. The van der Waals surface area contributed by atoms with Crippen LogP contribution in [0.4, 0.5) is 0 Å². The average Bonchev–Trinajstić information content (AvgIpc) is 3.19. The molecule has 1 aromatic heterocycles. The van der Waals surface area contributed by atoms with Gasteiger partial charge in [-0.05, 0) is 72.8 Å². The number of hydrogen-bond acceptors (Lipinski definition) is 2. The third kappa shape index (κ3) is 9.34. The van der Waals surface area contributed by atoms with E-state index in [1.807, 2.05) is 12.1 Å².